The zero-order valence-electron chi connectivity index (χ0n) is 6.64. The highest BCUT2D eigenvalue weighted by molar-refractivity contribution is 5.93. The summed E-state index contributed by atoms with van der Waals surface area (Å²) in [5.41, 5.74) is 0.955. The summed E-state index contributed by atoms with van der Waals surface area (Å²) in [5, 5.41) is 10.7. The van der Waals surface area contributed by atoms with Gasteiger partial charge in [0.2, 0.25) is 5.91 Å². The number of nitriles is 1. The Bertz CT molecular complexity index is 245. The van der Waals surface area contributed by atoms with E-state index in [0.717, 1.165) is 0 Å². The molecule has 58 valence electrons. The van der Waals surface area contributed by atoms with Crippen molar-refractivity contribution in [3.63, 3.8) is 0 Å². The van der Waals surface area contributed by atoms with Gasteiger partial charge < -0.3 is 5.32 Å². The number of rotatable bonds is 2. The monoisotopic (exact) mass is 150 g/mol. The average Bonchev–Trinajstić information content (AvgIpc) is 1.87. The maximum atomic E-state index is 10.9. The van der Waals surface area contributed by atoms with Gasteiger partial charge in [0.1, 0.15) is 0 Å². The number of hydrogen-bond donors (Lipinski definition) is 1. The van der Waals surface area contributed by atoms with Gasteiger partial charge in [0.25, 0.3) is 0 Å². The third kappa shape index (κ3) is 3.93. The van der Waals surface area contributed by atoms with Crippen molar-refractivity contribution >= 4 is 5.91 Å². The Morgan fingerprint density at radius 3 is 2.55 bits per heavy atom. The summed E-state index contributed by atoms with van der Waals surface area (Å²) < 4.78 is 0. The number of nitrogens with one attached hydrogen (secondary N) is 1. The normalized spacial score (nSPS) is 10.1. The van der Waals surface area contributed by atoms with Crippen LogP contribution in [0.3, 0.4) is 0 Å². The molecule has 0 aromatic heterocycles. The number of carbonyl (C=O) groups is 1. The van der Waals surface area contributed by atoms with Crippen LogP contribution in [0.1, 0.15) is 13.8 Å². The van der Waals surface area contributed by atoms with Crippen LogP contribution in [-0.4, -0.2) is 5.91 Å². The smallest absolute Gasteiger partial charge is 0.250 e. The third-order valence-electron chi connectivity index (χ3n) is 0.979. The number of nitrogens with zero attached hydrogens (tertiary/aromatic N) is 1. The highest BCUT2D eigenvalue weighted by Crippen LogP contribution is 1.90. The SMILES string of the molecule is C=C(C)C(=O)N/C(C)=C/C#N. The molecule has 11 heavy (non-hydrogen) atoms. The minimum atomic E-state index is -0.256. The second kappa shape index (κ2) is 4.29. The van der Waals surface area contributed by atoms with Crippen molar-refractivity contribution < 1.29 is 4.79 Å². The van der Waals surface area contributed by atoms with Gasteiger partial charge in [-0.05, 0) is 13.8 Å². The van der Waals surface area contributed by atoms with Crippen LogP contribution in [0.5, 0.6) is 0 Å². The van der Waals surface area contributed by atoms with Crippen LogP contribution in [0.2, 0.25) is 0 Å². The van der Waals surface area contributed by atoms with Gasteiger partial charge in [0.15, 0.2) is 0 Å². The molecule has 0 saturated carbocycles. The summed E-state index contributed by atoms with van der Waals surface area (Å²) in [6.45, 7) is 6.70. The fourth-order valence-electron chi connectivity index (χ4n) is 0.419. The molecule has 3 nitrogen and oxygen atoms in total. The van der Waals surface area contributed by atoms with E-state index in [2.05, 4.69) is 11.9 Å². The zero-order valence-corrected chi connectivity index (χ0v) is 6.64. The maximum Gasteiger partial charge on any atom is 0.250 e. The van der Waals surface area contributed by atoms with E-state index in [1.54, 1.807) is 19.9 Å². The van der Waals surface area contributed by atoms with Crippen molar-refractivity contribution in [2.75, 3.05) is 0 Å². The molecule has 0 aromatic carbocycles. The summed E-state index contributed by atoms with van der Waals surface area (Å²) in [6.07, 6.45) is 1.26. The van der Waals surface area contributed by atoms with Gasteiger partial charge in [-0.3, -0.25) is 4.79 Å². The zero-order chi connectivity index (χ0) is 8.85. The summed E-state index contributed by atoms with van der Waals surface area (Å²) in [5.74, 6) is -0.256. The molecule has 0 spiro atoms. The quantitative estimate of drug-likeness (QED) is 0.473. The molecule has 0 aliphatic carbocycles. The van der Waals surface area contributed by atoms with E-state index in [1.807, 2.05) is 0 Å². The van der Waals surface area contributed by atoms with Crippen LogP contribution in [0, 0.1) is 11.3 Å². The van der Waals surface area contributed by atoms with Crippen molar-refractivity contribution in [2.45, 2.75) is 13.8 Å². The topological polar surface area (TPSA) is 52.9 Å². The highest BCUT2D eigenvalue weighted by Gasteiger charge is 1.99. The van der Waals surface area contributed by atoms with Crippen molar-refractivity contribution in [3.8, 4) is 6.07 Å². The third-order valence-corrected chi connectivity index (χ3v) is 0.979. The molecule has 0 unspecified atom stereocenters. The van der Waals surface area contributed by atoms with E-state index < -0.39 is 0 Å². The van der Waals surface area contributed by atoms with Gasteiger partial charge in [0, 0.05) is 17.3 Å². The molecular formula is C8H10N2O. The predicted molar refractivity (Wildman–Crippen MR) is 42.3 cm³/mol. The van der Waals surface area contributed by atoms with E-state index in [9.17, 15) is 4.79 Å². The Hall–Kier alpha value is -1.56. The van der Waals surface area contributed by atoms with E-state index in [0.29, 0.717) is 11.3 Å². The lowest BCUT2D eigenvalue weighted by atomic mass is 10.3. The number of hydrogen-bond acceptors (Lipinski definition) is 2. The van der Waals surface area contributed by atoms with Crippen LogP contribution in [0.25, 0.3) is 0 Å². The first-order chi connectivity index (χ1) is 5.07. The molecule has 0 aliphatic rings. The van der Waals surface area contributed by atoms with Gasteiger partial charge in [-0.25, -0.2) is 0 Å². The van der Waals surface area contributed by atoms with Crippen molar-refractivity contribution in [2.24, 2.45) is 0 Å². The lowest BCUT2D eigenvalue weighted by Gasteiger charge is -2.01. The number of allylic oxidation sites excluding steroid dienone is 2. The van der Waals surface area contributed by atoms with Crippen LogP contribution in [-0.2, 0) is 4.79 Å². The Balaban J connectivity index is 4.09. The molecular weight excluding hydrogens is 140 g/mol. The Labute approximate surface area is 66.0 Å². The Morgan fingerprint density at radius 1 is 1.64 bits per heavy atom. The van der Waals surface area contributed by atoms with Gasteiger partial charge in [-0.15, -0.1) is 0 Å². The first-order valence-electron chi connectivity index (χ1n) is 3.11. The summed E-state index contributed by atoms with van der Waals surface area (Å²) in [6, 6.07) is 1.81. The van der Waals surface area contributed by atoms with Crippen molar-refractivity contribution in [1.29, 1.82) is 5.26 Å². The summed E-state index contributed by atoms with van der Waals surface area (Å²) >= 11 is 0. The molecule has 3 heteroatoms. The van der Waals surface area contributed by atoms with E-state index in [4.69, 9.17) is 5.26 Å². The molecule has 0 fully saturated rings. The van der Waals surface area contributed by atoms with Crippen LogP contribution < -0.4 is 5.32 Å². The average molecular weight is 150 g/mol. The lowest BCUT2D eigenvalue weighted by molar-refractivity contribution is -0.116. The second-order valence-electron chi connectivity index (χ2n) is 2.19. The molecule has 0 saturated heterocycles. The van der Waals surface area contributed by atoms with Crippen LogP contribution in [0.15, 0.2) is 23.9 Å². The predicted octanol–water partition coefficient (Wildman–Crippen LogP) is 1.11. The maximum absolute atomic E-state index is 10.9. The second-order valence-corrected chi connectivity index (χ2v) is 2.19. The van der Waals surface area contributed by atoms with Crippen LogP contribution in [0.4, 0.5) is 0 Å². The minimum Gasteiger partial charge on any atom is -0.326 e. The lowest BCUT2D eigenvalue weighted by Crippen LogP contribution is -2.21. The molecule has 0 aromatic rings. The fourth-order valence-corrected chi connectivity index (χ4v) is 0.419. The highest BCUT2D eigenvalue weighted by atomic mass is 16.1. The molecule has 0 radical (unpaired) electrons. The number of amides is 1. The molecule has 0 aliphatic heterocycles. The molecule has 0 rings (SSSR count). The van der Waals surface area contributed by atoms with Gasteiger partial charge in [-0.2, -0.15) is 5.26 Å². The van der Waals surface area contributed by atoms with Gasteiger partial charge >= 0.3 is 0 Å². The summed E-state index contributed by atoms with van der Waals surface area (Å²) in [7, 11) is 0. The Kier molecular flexibility index (Phi) is 3.68. The Morgan fingerprint density at radius 2 is 2.18 bits per heavy atom. The first-order valence-corrected chi connectivity index (χ1v) is 3.11. The van der Waals surface area contributed by atoms with Gasteiger partial charge in [0.05, 0.1) is 6.07 Å². The number of carbonyl (C=O) groups excluding carboxylic acids is 1. The molecule has 0 atom stereocenters. The standard InChI is InChI=1S/C8H10N2O/c1-6(2)8(11)10-7(3)4-5-9/h4H,1H2,2-3H3,(H,10,11)/b7-4+. The van der Waals surface area contributed by atoms with Gasteiger partial charge in [-0.1, -0.05) is 6.58 Å². The van der Waals surface area contributed by atoms with E-state index >= 15 is 0 Å². The van der Waals surface area contributed by atoms with Crippen molar-refractivity contribution in [1.82, 2.24) is 5.32 Å². The molecule has 1 amide bonds. The molecule has 0 bridgehead atoms. The molecule has 0 heterocycles. The minimum absolute atomic E-state index is 0.256. The largest absolute Gasteiger partial charge is 0.326 e. The van der Waals surface area contributed by atoms with Crippen molar-refractivity contribution in [3.05, 3.63) is 23.9 Å². The summed E-state index contributed by atoms with van der Waals surface area (Å²) in [4.78, 5) is 10.9. The fraction of sp³-hybridized carbons (Fsp3) is 0.250. The van der Waals surface area contributed by atoms with Crippen LogP contribution >= 0.6 is 0 Å². The van der Waals surface area contributed by atoms with E-state index in [-0.39, 0.29) is 5.91 Å². The molecule has 1 N–H and O–H groups in total. The van der Waals surface area contributed by atoms with E-state index in [1.165, 1.54) is 6.08 Å². The first kappa shape index (κ1) is 9.44.